The van der Waals surface area contributed by atoms with Crippen LogP contribution >= 0.6 is 0 Å². The van der Waals surface area contributed by atoms with Crippen molar-refractivity contribution < 1.29 is 4.74 Å². The Labute approximate surface area is 176 Å². The zero-order valence-electron chi connectivity index (χ0n) is 17.4. The molecule has 0 aliphatic carbocycles. The van der Waals surface area contributed by atoms with Crippen molar-refractivity contribution in [3.05, 3.63) is 48.3 Å². The van der Waals surface area contributed by atoms with Crippen LogP contribution in [-0.2, 0) is 6.61 Å². The van der Waals surface area contributed by atoms with Crippen LogP contribution in [0.5, 0.6) is 5.88 Å². The fourth-order valence-corrected chi connectivity index (χ4v) is 5.43. The predicted molar refractivity (Wildman–Crippen MR) is 115 cm³/mol. The van der Waals surface area contributed by atoms with Crippen LogP contribution in [0.2, 0.25) is 0 Å². The molecule has 0 amide bonds. The number of ether oxygens (including phenoxy) is 1. The summed E-state index contributed by atoms with van der Waals surface area (Å²) in [6, 6.07) is 12.6. The molecule has 1 unspecified atom stereocenters. The van der Waals surface area contributed by atoms with Gasteiger partial charge in [0.05, 0.1) is 18.1 Å². The molecule has 3 atom stereocenters. The molecule has 154 valence electrons. The molecule has 7 heteroatoms. The van der Waals surface area contributed by atoms with E-state index in [0.29, 0.717) is 12.6 Å². The molecule has 1 aromatic carbocycles. The van der Waals surface area contributed by atoms with E-state index in [2.05, 4.69) is 64.5 Å². The zero-order chi connectivity index (χ0) is 20.2. The highest BCUT2D eigenvalue weighted by Crippen LogP contribution is 2.40. The highest BCUT2D eigenvalue weighted by molar-refractivity contribution is 5.75. The van der Waals surface area contributed by atoms with Gasteiger partial charge in [-0.15, -0.1) is 5.10 Å². The molecule has 3 aliphatic rings. The summed E-state index contributed by atoms with van der Waals surface area (Å²) >= 11 is 0. The Morgan fingerprint density at radius 3 is 2.63 bits per heavy atom. The quantitative estimate of drug-likeness (QED) is 0.670. The molecule has 2 saturated heterocycles. The minimum absolute atomic E-state index is 0.517. The number of benzene rings is 1. The topological polar surface area (TPSA) is 59.3 Å². The molecule has 3 aliphatic heterocycles. The largest absolute Gasteiger partial charge is 0.472 e. The summed E-state index contributed by atoms with van der Waals surface area (Å²) in [4.78, 5) is 9.86. The Balaban J connectivity index is 1.28. The summed E-state index contributed by atoms with van der Waals surface area (Å²) in [6.07, 6.45) is 8.63. The summed E-state index contributed by atoms with van der Waals surface area (Å²) < 4.78 is 7.85. The molecule has 0 radical (unpaired) electrons. The maximum Gasteiger partial charge on any atom is 0.223 e. The van der Waals surface area contributed by atoms with Crippen LogP contribution in [0.3, 0.4) is 0 Å². The van der Waals surface area contributed by atoms with Crippen molar-refractivity contribution in [3.8, 4) is 22.7 Å². The lowest BCUT2D eigenvalue weighted by atomic mass is 9.96. The molecule has 2 bridgehead atoms. The summed E-state index contributed by atoms with van der Waals surface area (Å²) in [5, 5.41) is 7.97. The fraction of sp³-hybridized carbons (Fsp3) is 0.435. The highest BCUT2D eigenvalue weighted by Gasteiger charge is 2.40. The minimum Gasteiger partial charge on any atom is -0.472 e. The van der Waals surface area contributed by atoms with Crippen LogP contribution in [0, 0.1) is 0 Å². The average molecular weight is 403 g/mol. The second-order valence-corrected chi connectivity index (χ2v) is 8.79. The number of aromatic nitrogens is 4. The number of piperidine rings is 1. The van der Waals surface area contributed by atoms with Crippen LogP contribution in [-0.4, -0.2) is 57.1 Å². The van der Waals surface area contributed by atoms with Crippen LogP contribution in [0.15, 0.2) is 42.7 Å². The molecular weight excluding hydrogens is 376 g/mol. The lowest BCUT2D eigenvalue weighted by Gasteiger charge is -2.41. The second-order valence-electron chi connectivity index (χ2n) is 8.79. The molecule has 7 nitrogen and oxygen atoms in total. The lowest BCUT2D eigenvalue weighted by molar-refractivity contribution is 0.160. The van der Waals surface area contributed by atoms with Crippen LogP contribution in [0.1, 0.15) is 31.2 Å². The first-order valence-corrected chi connectivity index (χ1v) is 10.8. The minimum atomic E-state index is 0.517. The van der Waals surface area contributed by atoms with Crippen LogP contribution in [0.25, 0.3) is 16.8 Å². The van der Waals surface area contributed by atoms with E-state index in [0.717, 1.165) is 40.6 Å². The molecule has 2 fully saturated rings. The van der Waals surface area contributed by atoms with Gasteiger partial charge in [0.15, 0.2) is 0 Å². The van der Waals surface area contributed by atoms with E-state index in [-0.39, 0.29) is 0 Å². The van der Waals surface area contributed by atoms with Crippen LogP contribution < -0.4 is 9.64 Å². The Hall–Kier alpha value is -2.93. The molecule has 0 N–H and O–H groups in total. The number of fused-ring (bicyclic) bond motifs is 5. The van der Waals surface area contributed by atoms with Crippen LogP contribution in [0.4, 0.5) is 5.82 Å². The number of anilines is 1. The normalized spacial score (nSPS) is 24.8. The summed E-state index contributed by atoms with van der Waals surface area (Å²) in [5.41, 5.74) is 4.37. The first-order chi connectivity index (χ1) is 14.7. The van der Waals surface area contributed by atoms with Gasteiger partial charge in [0.2, 0.25) is 5.88 Å². The Morgan fingerprint density at radius 1 is 1.07 bits per heavy atom. The average Bonchev–Trinajstić information content (AvgIpc) is 3.37. The van der Waals surface area contributed by atoms with Gasteiger partial charge in [-0.1, -0.05) is 11.3 Å². The smallest absolute Gasteiger partial charge is 0.223 e. The van der Waals surface area contributed by atoms with Gasteiger partial charge < -0.3 is 14.5 Å². The van der Waals surface area contributed by atoms with Gasteiger partial charge in [-0.05, 0) is 68.1 Å². The van der Waals surface area contributed by atoms with Gasteiger partial charge in [-0.25, -0.2) is 4.68 Å². The standard InChI is InChI=1S/C23H26N6O/c1-27-16-3-4-17(27)13-19(12-16)28(2)22-8-7-21-20-6-5-18(29-10-9-24-26-29)11-15(20)14-30-23(21)25-22/h5-11,16-17,19H,3-4,12-14H2,1-2H3/t16-,17+,19?. The van der Waals surface area contributed by atoms with Crippen molar-refractivity contribution in [2.45, 2.75) is 50.4 Å². The number of pyridine rings is 1. The first kappa shape index (κ1) is 17.9. The predicted octanol–water partition coefficient (Wildman–Crippen LogP) is 3.28. The first-order valence-electron chi connectivity index (χ1n) is 10.8. The molecule has 0 spiro atoms. The third kappa shape index (κ3) is 2.80. The second kappa shape index (κ2) is 6.80. The van der Waals surface area contributed by atoms with Gasteiger partial charge in [-0.3, -0.25) is 0 Å². The van der Waals surface area contributed by atoms with E-state index in [1.807, 2.05) is 6.20 Å². The zero-order valence-corrected chi connectivity index (χ0v) is 17.4. The van der Waals surface area contributed by atoms with E-state index in [9.17, 15) is 0 Å². The Kier molecular flexibility index (Phi) is 4.06. The molecule has 2 aromatic heterocycles. The van der Waals surface area contributed by atoms with Crippen molar-refractivity contribution in [3.63, 3.8) is 0 Å². The Morgan fingerprint density at radius 2 is 1.87 bits per heavy atom. The van der Waals surface area contributed by atoms with Crippen molar-refractivity contribution >= 4 is 5.82 Å². The maximum absolute atomic E-state index is 6.08. The van der Waals surface area contributed by atoms with Gasteiger partial charge >= 0.3 is 0 Å². The monoisotopic (exact) mass is 402 g/mol. The fourth-order valence-electron chi connectivity index (χ4n) is 5.43. The third-order valence-corrected chi connectivity index (χ3v) is 7.26. The summed E-state index contributed by atoms with van der Waals surface area (Å²) in [6.45, 7) is 0.517. The van der Waals surface area contributed by atoms with E-state index in [4.69, 9.17) is 9.72 Å². The highest BCUT2D eigenvalue weighted by atomic mass is 16.5. The van der Waals surface area contributed by atoms with E-state index in [1.54, 1.807) is 10.9 Å². The molecule has 3 aromatic rings. The van der Waals surface area contributed by atoms with E-state index < -0.39 is 0 Å². The maximum atomic E-state index is 6.08. The van der Waals surface area contributed by atoms with Crippen molar-refractivity contribution in [2.24, 2.45) is 0 Å². The molecule has 5 heterocycles. The van der Waals surface area contributed by atoms with Gasteiger partial charge in [0.25, 0.3) is 0 Å². The third-order valence-electron chi connectivity index (χ3n) is 7.26. The molecular formula is C23H26N6O. The van der Waals surface area contributed by atoms with Gasteiger partial charge in [0.1, 0.15) is 12.4 Å². The number of rotatable bonds is 3. The van der Waals surface area contributed by atoms with Crippen molar-refractivity contribution in [1.82, 2.24) is 24.9 Å². The Bertz CT molecular complexity index is 1070. The van der Waals surface area contributed by atoms with Gasteiger partial charge in [0, 0.05) is 30.7 Å². The number of nitrogens with zero attached hydrogens (tertiary/aromatic N) is 6. The number of hydrogen-bond donors (Lipinski definition) is 0. The van der Waals surface area contributed by atoms with E-state index in [1.165, 1.54) is 31.2 Å². The molecule has 0 saturated carbocycles. The molecule has 6 rings (SSSR count). The summed E-state index contributed by atoms with van der Waals surface area (Å²) in [5.74, 6) is 1.74. The summed E-state index contributed by atoms with van der Waals surface area (Å²) in [7, 11) is 4.47. The number of hydrogen-bond acceptors (Lipinski definition) is 6. The van der Waals surface area contributed by atoms with E-state index >= 15 is 0 Å². The molecule has 30 heavy (non-hydrogen) atoms. The van der Waals surface area contributed by atoms with Gasteiger partial charge in [-0.2, -0.15) is 4.98 Å². The van der Waals surface area contributed by atoms with Crippen molar-refractivity contribution in [1.29, 1.82) is 0 Å². The SMILES string of the molecule is CN(c1ccc2c(n1)OCc1cc(-n3ccnn3)ccc1-2)C1C[C@H]2CC[C@@H](C1)N2C. The van der Waals surface area contributed by atoms with Crippen molar-refractivity contribution in [2.75, 3.05) is 19.0 Å². The lowest BCUT2D eigenvalue weighted by Crippen LogP contribution is -2.48.